The highest BCUT2D eigenvalue weighted by molar-refractivity contribution is 8.00. The van der Waals surface area contributed by atoms with E-state index in [4.69, 9.17) is 0 Å². The normalized spacial score (nSPS) is 27.9. The summed E-state index contributed by atoms with van der Waals surface area (Å²) in [6.07, 6.45) is 3.31. The first-order chi connectivity index (χ1) is 8.13. The molecule has 1 fully saturated rings. The highest BCUT2D eigenvalue weighted by Gasteiger charge is 2.32. The van der Waals surface area contributed by atoms with E-state index in [0.29, 0.717) is 16.2 Å². The Labute approximate surface area is 104 Å². The minimum absolute atomic E-state index is 0.110. The number of hydrogen-bond acceptors (Lipinski definition) is 2. The van der Waals surface area contributed by atoms with Crippen molar-refractivity contribution in [3.63, 3.8) is 0 Å². The van der Waals surface area contributed by atoms with Gasteiger partial charge in [-0.15, -0.1) is 11.8 Å². The Morgan fingerprint density at radius 2 is 2.06 bits per heavy atom. The lowest BCUT2D eigenvalue weighted by Gasteiger charge is -2.30. The third-order valence-corrected chi connectivity index (χ3v) is 4.57. The van der Waals surface area contributed by atoms with Gasteiger partial charge in [0.25, 0.3) is 0 Å². The molecule has 0 aromatic heterocycles. The van der Waals surface area contributed by atoms with Gasteiger partial charge in [0.15, 0.2) is 0 Å². The van der Waals surface area contributed by atoms with E-state index < -0.39 is 11.6 Å². The fourth-order valence-corrected chi connectivity index (χ4v) is 3.56. The Bertz CT molecular complexity index is 445. The molecule has 1 aliphatic carbocycles. The fourth-order valence-electron chi connectivity index (χ4n) is 2.36. The summed E-state index contributed by atoms with van der Waals surface area (Å²) in [5.74, 6) is -0.891. The zero-order valence-corrected chi connectivity index (χ0v) is 10.5. The molecule has 0 spiro atoms. The van der Waals surface area contributed by atoms with Crippen molar-refractivity contribution in [3.05, 3.63) is 29.3 Å². The predicted octanol–water partition coefficient (Wildman–Crippen LogP) is 3.64. The van der Waals surface area contributed by atoms with Crippen molar-refractivity contribution in [1.29, 1.82) is 0 Å². The Morgan fingerprint density at radius 3 is 2.76 bits per heavy atom. The number of thioether (sulfide) groups is 1. The molecule has 2 unspecified atom stereocenters. The van der Waals surface area contributed by atoms with Gasteiger partial charge in [-0.3, -0.25) is 0 Å². The number of benzene rings is 1. The number of hydrogen-bond donors (Lipinski definition) is 1. The van der Waals surface area contributed by atoms with Crippen LogP contribution in [0.3, 0.4) is 0 Å². The minimum Gasteiger partial charge on any atom is -0.307 e. The molecule has 1 saturated carbocycles. The first kappa shape index (κ1) is 11.5. The van der Waals surface area contributed by atoms with Crippen molar-refractivity contribution < 1.29 is 8.78 Å². The van der Waals surface area contributed by atoms with Gasteiger partial charge in [0.05, 0.1) is 0 Å². The fraction of sp³-hybridized carbons (Fsp3) is 0.538. The highest BCUT2D eigenvalue weighted by atomic mass is 32.2. The Morgan fingerprint density at radius 1 is 1.29 bits per heavy atom. The van der Waals surface area contributed by atoms with Gasteiger partial charge in [0, 0.05) is 28.3 Å². The van der Waals surface area contributed by atoms with E-state index in [1.165, 1.54) is 30.7 Å². The summed E-state index contributed by atoms with van der Waals surface area (Å²) in [6.45, 7) is 2.10. The van der Waals surface area contributed by atoms with Crippen molar-refractivity contribution in [3.8, 4) is 0 Å². The van der Waals surface area contributed by atoms with Crippen LogP contribution in [-0.4, -0.2) is 11.3 Å². The summed E-state index contributed by atoms with van der Waals surface area (Å²) in [7, 11) is 0. The third-order valence-electron chi connectivity index (χ3n) is 3.31. The van der Waals surface area contributed by atoms with E-state index in [1.54, 1.807) is 0 Å². The van der Waals surface area contributed by atoms with E-state index in [0.717, 1.165) is 18.1 Å². The van der Waals surface area contributed by atoms with E-state index in [9.17, 15) is 8.78 Å². The number of halogens is 2. The molecule has 4 heteroatoms. The molecule has 0 saturated heterocycles. The molecule has 1 nitrogen and oxygen atoms in total. The molecular weight excluding hydrogens is 240 g/mol. The summed E-state index contributed by atoms with van der Waals surface area (Å²) < 4.78 is 27.0. The number of nitrogens with one attached hydrogen (secondary N) is 1. The predicted molar refractivity (Wildman–Crippen MR) is 65.2 cm³/mol. The van der Waals surface area contributed by atoms with Crippen LogP contribution in [0.4, 0.5) is 8.78 Å². The molecular formula is C13H15F2NS. The summed E-state index contributed by atoms with van der Waals surface area (Å²) >= 11 is 1.52. The Kier molecular flexibility index (Phi) is 2.87. The van der Waals surface area contributed by atoms with Crippen LogP contribution in [0.1, 0.15) is 37.8 Å². The molecule has 0 amide bonds. The molecule has 2 atom stereocenters. The van der Waals surface area contributed by atoms with Crippen LogP contribution in [0.2, 0.25) is 0 Å². The maximum atomic E-state index is 13.7. The smallest absolute Gasteiger partial charge is 0.140 e. The van der Waals surface area contributed by atoms with Gasteiger partial charge in [0.2, 0.25) is 0 Å². The van der Waals surface area contributed by atoms with Crippen LogP contribution in [0.15, 0.2) is 17.0 Å². The van der Waals surface area contributed by atoms with Crippen molar-refractivity contribution in [2.75, 3.05) is 0 Å². The van der Waals surface area contributed by atoms with Gasteiger partial charge >= 0.3 is 0 Å². The molecule has 1 aromatic carbocycles. The summed E-state index contributed by atoms with van der Waals surface area (Å²) in [5, 5.41) is 3.86. The van der Waals surface area contributed by atoms with Crippen molar-refractivity contribution in [1.82, 2.24) is 5.32 Å². The quantitative estimate of drug-likeness (QED) is 0.866. The molecule has 0 radical (unpaired) electrons. The Hall–Kier alpha value is -0.610. The second kappa shape index (κ2) is 4.25. The van der Waals surface area contributed by atoms with Crippen LogP contribution in [0.5, 0.6) is 0 Å². The van der Waals surface area contributed by atoms with Gasteiger partial charge in [-0.2, -0.15) is 0 Å². The molecule has 1 aromatic rings. The molecule has 3 rings (SSSR count). The summed E-state index contributed by atoms with van der Waals surface area (Å²) in [4.78, 5) is 0.628. The second-order valence-electron chi connectivity index (χ2n) is 4.96. The topological polar surface area (TPSA) is 12.0 Å². The zero-order valence-electron chi connectivity index (χ0n) is 9.67. The van der Waals surface area contributed by atoms with Gasteiger partial charge in [-0.1, -0.05) is 6.92 Å². The number of fused-ring (bicyclic) bond motifs is 1. The van der Waals surface area contributed by atoms with E-state index in [1.807, 2.05) is 0 Å². The van der Waals surface area contributed by atoms with Crippen LogP contribution in [0, 0.1) is 11.6 Å². The van der Waals surface area contributed by atoms with Gasteiger partial charge < -0.3 is 5.32 Å². The maximum absolute atomic E-state index is 13.7. The largest absolute Gasteiger partial charge is 0.307 e. The van der Waals surface area contributed by atoms with Gasteiger partial charge in [-0.25, -0.2) is 8.78 Å². The van der Waals surface area contributed by atoms with Crippen molar-refractivity contribution in [2.24, 2.45) is 0 Å². The molecule has 0 bridgehead atoms. The lowest BCUT2D eigenvalue weighted by atomic mass is 10.0. The maximum Gasteiger partial charge on any atom is 0.140 e. The minimum atomic E-state index is -0.473. The van der Waals surface area contributed by atoms with E-state index in [2.05, 4.69) is 12.2 Å². The monoisotopic (exact) mass is 255 g/mol. The molecule has 1 heterocycles. The zero-order chi connectivity index (χ0) is 12.0. The number of rotatable bonds is 2. The van der Waals surface area contributed by atoms with E-state index >= 15 is 0 Å². The van der Waals surface area contributed by atoms with Crippen LogP contribution < -0.4 is 5.32 Å². The standard InChI is InChI=1S/C13H15F2NS/c1-7-4-12(16-9-2-3-9)10-5-8(14)6-11(15)13(10)17-7/h5-7,9,12,16H,2-4H2,1H3. The summed E-state index contributed by atoms with van der Waals surface area (Å²) in [6, 6.07) is 3.13. The molecule has 1 aliphatic heterocycles. The Balaban J connectivity index is 1.97. The first-order valence-electron chi connectivity index (χ1n) is 6.05. The molecule has 1 N–H and O–H groups in total. The molecule has 92 valence electrons. The van der Waals surface area contributed by atoms with Gasteiger partial charge in [0.1, 0.15) is 11.6 Å². The lowest BCUT2D eigenvalue weighted by molar-refractivity contribution is 0.464. The van der Waals surface area contributed by atoms with Crippen LogP contribution in [0.25, 0.3) is 0 Å². The van der Waals surface area contributed by atoms with Crippen LogP contribution >= 0.6 is 11.8 Å². The highest BCUT2D eigenvalue weighted by Crippen LogP contribution is 2.43. The third kappa shape index (κ3) is 2.33. The van der Waals surface area contributed by atoms with Crippen molar-refractivity contribution >= 4 is 11.8 Å². The average Bonchev–Trinajstić information content (AvgIpc) is 3.04. The molecule has 17 heavy (non-hydrogen) atoms. The average molecular weight is 255 g/mol. The first-order valence-corrected chi connectivity index (χ1v) is 6.93. The molecule has 2 aliphatic rings. The van der Waals surface area contributed by atoms with Crippen LogP contribution in [-0.2, 0) is 0 Å². The summed E-state index contributed by atoms with van der Waals surface area (Å²) in [5.41, 5.74) is 0.803. The SMILES string of the molecule is CC1CC(NC2CC2)c2cc(F)cc(F)c2S1. The second-order valence-corrected chi connectivity index (χ2v) is 6.41. The van der Waals surface area contributed by atoms with Gasteiger partial charge in [-0.05, 0) is 30.9 Å². The van der Waals surface area contributed by atoms with E-state index in [-0.39, 0.29) is 6.04 Å². The van der Waals surface area contributed by atoms with Crippen molar-refractivity contribution in [2.45, 2.75) is 48.4 Å². The lowest BCUT2D eigenvalue weighted by Crippen LogP contribution is -2.29.